The van der Waals surface area contributed by atoms with Crippen LogP contribution in [0, 0.1) is 12.6 Å². The van der Waals surface area contributed by atoms with Crippen molar-refractivity contribution in [1.29, 1.82) is 0 Å². The molecule has 1 atom stereocenters. The molecule has 1 heterocycles. The van der Waals surface area contributed by atoms with Gasteiger partial charge < -0.3 is 8.61 Å². The van der Waals surface area contributed by atoms with Crippen LogP contribution in [-0.4, -0.2) is 50.7 Å². The number of rotatable bonds is 8. The minimum absolute atomic E-state index is 0.218. The van der Waals surface area contributed by atoms with Gasteiger partial charge in [0, 0.05) is 0 Å². The first-order valence-corrected chi connectivity index (χ1v) is 16.0. The fourth-order valence-electron chi connectivity index (χ4n) is 3.65. The van der Waals surface area contributed by atoms with Crippen molar-refractivity contribution in [1.82, 2.24) is 8.61 Å². The normalized spacial score (nSPS) is 19.7. The second-order valence-corrected chi connectivity index (χ2v) is 10.7. The third-order valence-corrected chi connectivity index (χ3v) is 8.01. The number of hydrogen-bond donors (Lipinski definition) is 0. The molecular formula is C22H33ClN2O2RuS2-. The van der Waals surface area contributed by atoms with Crippen LogP contribution in [0.5, 0.6) is 5.75 Å². The Balaban J connectivity index is 0.000000297. The summed E-state index contributed by atoms with van der Waals surface area (Å²) in [4.78, 5) is 12.3. The molecular weight excluding hydrogens is 525 g/mol. The van der Waals surface area contributed by atoms with Crippen molar-refractivity contribution in [2.45, 2.75) is 51.6 Å². The molecule has 1 aliphatic carbocycles. The molecule has 0 spiro atoms. The van der Waals surface area contributed by atoms with Crippen LogP contribution in [0.25, 0.3) is 0 Å². The fourth-order valence-corrected chi connectivity index (χ4v) is 5.76. The summed E-state index contributed by atoms with van der Waals surface area (Å²) in [6.45, 7) is 6.38. The Morgan fingerprint density at radius 1 is 1.23 bits per heavy atom. The van der Waals surface area contributed by atoms with E-state index in [0.717, 1.165) is 37.2 Å². The SMILES string of the molecule is CCC(=O)C(Oc1ccccc1[CH]=[Ru][Cl])C1CCCCC1.CSN1[CH-]N(SC)CC1. The zero-order valence-corrected chi connectivity index (χ0v) is 22.2. The summed E-state index contributed by atoms with van der Waals surface area (Å²) in [6.07, 6.45) is 10.3. The van der Waals surface area contributed by atoms with E-state index in [2.05, 4.69) is 27.8 Å². The Bertz CT molecular complexity index is 664. The molecule has 1 aromatic rings. The maximum Gasteiger partial charge on any atom is -0.00595 e. The van der Waals surface area contributed by atoms with Gasteiger partial charge in [-0.15, -0.1) is 23.9 Å². The molecule has 0 amide bonds. The zero-order chi connectivity index (χ0) is 21.8. The minimum Gasteiger partial charge on any atom is -0.386 e. The summed E-state index contributed by atoms with van der Waals surface area (Å²) in [5.74, 6) is 1.38. The summed E-state index contributed by atoms with van der Waals surface area (Å²) in [5, 5.41) is 0. The van der Waals surface area contributed by atoms with E-state index >= 15 is 0 Å². The van der Waals surface area contributed by atoms with Crippen molar-refractivity contribution in [2.24, 2.45) is 5.92 Å². The largest absolute Gasteiger partial charge is 0.386 e. The maximum atomic E-state index is 12.3. The summed E-state index contributed by atoms with van der Waals surface area (Å²) >= 11 is 3.25. The number of ether oxygens (including phenoxy) is 1. The summed E-state index contributed by atoms with van der Waals surface area (Å²) in [7, 11) is 5.90. The van der Waals surface area contributed by atoms with E-state index in [-0.39, 0.29) is 27.6 Å². The molecule has 0 bridgehead atoms. The molecule has 0 N–H and O–H groups in total. The van der Waals surface area contributed by atoms with Gasteiger partial charge in [0.25, 0.3) is 0 Å². The minimum atomic E-state index is -0.302. The monoisotopic (exact) mass is 558 g/mol. The number of hydrogen-bond acceptors (Lipinski definition) is 6. The van der Waals surface area contributed by atoms with Crippen molar-refractivity contribution in [3.05, 3.63) is 36.5 Å². The van der Waals surface area contributed by atoms with Crippen molar-refractivity contribution in [2.75, 3.05) is 25.6 Å². The smallest absolute Gasteiger partial charge is 0.00595 e. The summed E-state index contributed by atoms with van der Waals surface area (Å²) in [5.41, 5.74) is 1.01. The summed E-state index contributed by atoms with van der Waals surface area (Å²) in [6, 6.07) is 7.87. The molecule has 0 aromatic heterocycles. The molecule has 1 aliphatic heterocycles. The molecule has 4 nitrogen and oxygen atoms in total. The number of benzene rings is 1. The van der Waals surface area contributed by atoms with Crippen LogP contribution in [0.1, 0.15) is 51.0 Å². The van der Waals surface area contributed by atoms with E-state index in [9.17, 15) is 4.79 Å². The molecule has 1 saturated heterocycles. The Kier molecular flexibility index (Phi) is 13.2. The zero-order valence-electron chi connectivity index (χ0n) is 18.0. The molecule has 8 heteroatoms. The number of nitrogens with zero attached hydrogens (tertiary/aromatic N) is 2. The quantitative estimate of drug-likeness (QED) is 0.233. The number of carbonyl (C=O) groups is 1. The van der Waals surface area contributed by atoms with Crippen LogP contribution >= 0.6 is 33.6 Å². The number of para-hydroxylation sites is 1. The van der Waals surface area contributed by atoms with E-state index < -0.39 is 0 Å². The first kappa shape index (κ1) is 26.3. The van der Waals surface area contributed by atoms with Crippen molar-refractivity contribution in [3.8, 4) is 5.75 Å². The number of Topliss-reactive ketones (excluding diaryl/α,β-unsaturated/α-hetero) is 1. The number of halogens is 1. The van der Waals surface area contributed by atoms with Crippen LogP contribution in [0.3, 0.4) is 0 Å². The van der Waals surface area contributed by atoms with E-state index in [4.69, 9.17) is 14.4 Å². The van der Waals surface area contributed by atoms with Crippen molar-refractivity contribution < 1.29 is 25.2 Å². The van der Waals surface area contributed by atoms with Crippen LogP contribution in [0.4, 0.5) is 0 Å². The van der Waals surface area contributed by atoms with E-state index in [1.165, 1.54) is 19.3 Å². The molecule has 2 aliphatic rings. The second-order valence-electron chi connectivity index (χ2n) is 7.24. The predicted molar refractivity (Wildman–Crippen MR) is 128 cm³/mol. The third kappa shape index (κ3) is 8.56. The van der Waals surface area contributed by atoms with Gasteiger partial charge in [0.05, 0.1) is 0 Å². The molecule has 171 valence electrons. The van der Waals surface area contributed by atoms with Crippen molar-refractivity contribution in [3.63, 3.8) is 0 Å². The second kappa shape index (κ2) is 15.0. The Morgan fingerprint density at radius 2 is 1.87 bits per heavy atom. The van der Waals surface area contributed by atoms with Gasteiger partial charge in [-0.25, -0.2) is 0 Å². The topological polar surface area (TPSA) is 32.8 Å². The standard InChI is InChI=1S/C17H22O2.C5H11N2S2.ClH.Ru/c1-3-15(18)17(14-10-5-4-6-11-14)19-16-12-8-7-9-13(16)2;1-8-6-3-4-7(5-6)9-2;;/h2,7-9,12,14,17H,3-6,10-11H2,1H3;5H,3-4H2,1-2H3;1H;/q;-1;;+1/p-1. The molecule has 1 unspecified atom stereocenters. The molecule has 30 heavy (non-hydrogen) atoms. The molecule has 1 saturated carbocycles. The first-order chi connectivity index (χ1) is 14.6. The van der Waals surface area contributed by atoms with Gasteiger partial charge in [-0.2, -0.15) is 6.67 Å². The molecule has 2 fully saturated rings. The Morgan fingerprint density at radius 3 is 2.40 bits per heavy atom. The average Bonchev–Trinajstić information content (AvgIpc) is 3.28. The average molecular weight is 558 g/mol. The molecule has 1 aromatic carbocycles. The first-order valence-electron chi connectivity index (χ1n) is 10.4. The van der Waals surface area contributed by atoms with Crippen molar-refractivity contribution >= 4 is 44.0 Å². The Hall–Kier alpha value is 0.0934. The third-order valence-electron chi connectivity index (χ3n) is 5.33. The van der Waals surface area contributed by atoms with Gasteiger partial charge in [-0.1, -0.05) is 0 Å². The Labute approximate surface area is 202 Å². The van der Waals surface area contributed by atoms with Gasteiger partial charge in [-0.05, 0) is 25.6 Å². The molecule has 3 rings (SSSR count). The van der Waals surface area contributed by atoms with Crippen LogP contribution in [0.2, 0.25) is 0 Å². The van der Waals surface area contributed by atoms with Crippen LogP contribution in [-0.2, 0) is 20.5 Å². The predicted octanol–water partition coefficient (Wildman–Crippen LogP) is 5.66. The molecule has 0 radical (unpaired) electrons. The van der Waals surface area contributed by atoms with Gasteiger partial charge in [-0.3, -0.25) is 0 Å². The van der Waals surface area contributed by atoms with E-state index in [1.54, 1.807) is 23.9 Å². The van der Waals surface area contributed by atoms with Gasteiger partial charge >= 0.3 is 138 Å². The van der Waals surface area contributed by atoms with Gasteiger partial charge in [0.2, 0.25) is 0 Å². The van der Waals surface area contributed by atoms with Gasteiger partial charge in [0.1, 0.15) is 0 Å². The fraction of sp³-hybridized carbons (Fsp3) is 0.591. The van der Waals surface area contributed by atoms with E-state index in [0.29, 0.717) is 12.3 Å². The van der Waals surface area contributed by atoms with Crippen LogP contribution < -0.4 is 4.74 Å². The number of ketones is 1. The van der Waals surface area contributed by atoms with Gasteiger partial charge in [0.15, 0.2) is 0 Å². The maximum absolute atomic E-state index is 12.3. The van der Waals surface area contributed by atoms with Crippen LogP contribution in [0.15, 0.2) is 24.3 Å². The van der Waals surface area contributed by atoms with E-state index in [1.807, 2.05) is 35.8 Å². The number of carbonyl (C=O) groups excluding carboxylic acids is 1. The summed E-state index contributed by atoms with van der Waals surface area (Å²) < 4.78 is 12.6.